The van der Waals surface area contributed by atoms with Crippen molar-refractivity contribution >= 4 is 0 Å². The van der Waals surface area contributed by atoms with Crippen LogP contribution >= 0.6 is 0 Å². The second-order valence-corrected chi connectivity index (χ2v) is 4.41. The number of hydrogen-bond donors (Lipinski definition) is 0. The predicted molar refractivity (Wildman–Crippen MR) is 71.8 cm³/mol. The molecule has 0 saturated carbocycles. The lowest BCUT2D eigenvalue weighted by Gasteiger charge is -2.38. The summed E-state index contributed by atoms with van der Waals surface area (Å²) in [7, 11) is 5.22. The quantitative estimate of drug-likeness (QED) is 0.364. The lowest BCUT2D eigenvalue weighted by Crippen LogP contribution is -2.55. The second kappa shape index (κ2) is 11.9. The molecule has 0 unspecified atom stereocenters. The van der Waals surface area contributed by atoms with Crippen molar-refractivity contribution in [3.63, 3.8) is 0 Å². The summed E-state index contributed by atoms with van der Waals surface area (Å²) in [5.41, 5.74) is 0. The maximum Gasteiger partial charge on any atom is 0.103 e. The van der Waals surface area contributed by atoms with Crippen LogP contribution in [0.2, 0.25) is 0 Å². The Morgan fingerprint density at radius 2 is 1.06 bits per heavy atom. The van der Waals surface area contributed by atoms with Crippen LogP contribution in [-0.4, -0.2) is 85.0 Å². The van der Waals surface area contributed by atoms with Crippen molar-refractivity contribution in [2.45, 2.75) is 6.92 Å². The fourth-order valence-electron chi connectivity index (χ4n) is 1.93. The van der Waals surface area contributed by atoms with Crippen molar-refractivity contribution in [3.8, 4) is 0 Å². The van der Waals surface area contributed by atoms with Crippen LogP contribution < -0.4 is 0 Å². The van der Waals surface area contributed by atoms with Gasteiger partial charge in [0.15, 0.2) is 0 Å². The summed E-state index contributed by atoms with van der Waals surface area (Å²) >= 11 is 0. The molecule has 0 aromatic carbocycles. The zero-order valence-corrected chi connectivity index (χ0v) is 12.4. The average molecular weight is 264 g/mol. The Kier molecular flexibility index (Phi) is 11.7. The SMILES string of the molecule is CCOCC[N+](CCOC)(CCOC)CCOC. The number of nitrogens with zero attached hydrogens (tertiary/aromatic N) is 1. The van der Waals surface area contributed by atoms with E-state index in [1.165, 1.54) is 0 Å². The topological polar surface area (TPSA) is 36.9 Å². The van der Waals surface area contributed by atoms with Gasteiger partial charge in [-0.25, -0.2) is 0 Å². The number of rotatable bonds is 13. The molecule has 0 aliphatic rings. The van der Waals surface area contributed by atoms with Gasteiger partial charge in [-0.05, 0) is 6.92 Å². The summed E-state index contributed by atoms with van der Waals surface area (Å²) in [6, 6.07) is 0. The van der Waals surface area contributed by atoms with E-state index in [0.29, 0.717) is 0 Å². The molecule has 0 amide bonds. The summed E-state index contributed by atoms with van der Waals surface area (Å²) in [5.74, 6) is 0. The summed E-state index contributed by atoms with van der Waals surface area (Å²) < 4.78 is 22.1. The molecule has 0 spiro atoms. The molecule has 0 bridgehead atoms. The molecule has 0 aliphatic carbocycles. The van der Waals surface area contributed by atoms with E-state index < -0.39 is 0 Å². The van der Waals surface area contributed by atoms with Gasteiger partial charge in [0.1, 0.15) is 26.2 Å². The minimum absolute atomic E-state index is 0.750. The highest BCUT2D eigenvalue weighted by Crippen LogP contribution is 2.07. The van der Waals surface area contributed by atoms with E-state index in [1.54, 1.807) is 21.3 Å². The maximum absolute atomic E-state index is 5.49. The first-order valence-electron chi connectivity index (χ1n) is 6.64. The van der Waals surface area contributed by atoms with Crippen LogP contribution in [0.25, 0.3) is 0 Å². The van der Waals surface area contributed by atoms with Gasteiger partial charge < -0.3 is 23.4 Å². The molecule has 0 saturated heterocycles. The minimum atomic E-state index is 0.750. The van der Waals surface area contributed by atoms with Gasteiger partial charge in [0.2, 0.25) is 0 Å². The van der Waals surface area contributed by atoms with Crippen LogP contribution in [0.5, 0.6) is 0 Å². The van der Waals surface area contributed by atoms with E-state index in [9.17, 15) is 0 Å². The third kappa shape index (κ3) is 8.00. The molecule has 0 N–H and O–H groups in total. The van der Waals surface area contributed by atoms with Gasteiger partial charge in [-0.2, -0.15) is 0 Å². The van der Waals surface area contributed by atoms with Crippen LogP contribution in [0.1, 0.15) is 6.92 Å². The van der Waals surface area contributed by atoms with Crippen molar-refractivity contribution in [2.24, 2.45) is 0 Å². The molecule has 0 aliphatic heterocycles. The molecule has 110 valence electrons. The first-order chi connectivity index (χ1) is 8.74. The lowest BCUT2D eigenvalue weighted by molar-refractivity contribution is -0.929. The standard InChI is InChI=1S/C13H30NO4/c1-5-18-13-9-14(6-10-15-2,7-11-16-3)8-12-17-4/h5-13H2,1-4H3/q+1. The van der Waals surface area contributed by atoms with Crippen LogP contribution in [0.3, 0.4) is 0 Å². The molecule has 0 rings (SSSR count). The molecule has 18 heavy (non-hydrogen) atoms. The molecular weight excluding hydrogens is 234 g/mol. The minimum Gasteiger partial charge on any atom is -0.379 e. The van der Waals surface area contributed by atoms with E-state index in [0.717, 1.165) is 63.7 Å². The fraction of sp³-hybridized carbons (Fsp3) is 1.00. The van der Waals surface area contributed by atoms with Gasteiger partial charge in [0.05, 0.1) is 26.4 Å². The number of methoxy groups -OCH3 is 3. The van der Waals surface area contributed by atoms with Crippen molar-refractivity contribution in [2.75, 3.05) is 80.5 Å². The number of quaternary nitrogens is 1. The van der Waals surface area contributed by atoms with Gasteiger partial charge in [0.25, 0.3) is 0 Å². The Morgan fingerprint density at radius 3 is 1.39 bits per heavy atom. The molecular formula is C13H30NO4+. The van der Waals surface area contributed by atoms with Crippen molar-refractivity contribution in [1.82, 2.24) is 0 Å². The first-order valence-corrected chi connectivity index (χ1v) is 6.64. The molecule has 0 fully saturated rings. The van der Waals surface area contributed by atoms with Crippen molar-refractivity contribution in [1.29, 1.82) is 0 Å². The average Bonchev–Trinajstić information content (AvgIpc) is 2.40. The molecule has 5 nitrogen and oxygen atoms in total. The second-order valence-electron chi connectivity index (χ2n) is 4.41. The Balaban J connectivity index is 4.41. The van der Waals surface area contributed by atoms with Crippen molar-refractivity contribution < 1.29 is 23.4 Å². The smallest absolute Gasteiger partial charge is 0.103 e. The van der Waals surface area contributed by atoms with Gasteiger partial charge in [-0.1, -0.05) is 0 Å². The number of ether oxygens (including phenoxy) is 4. The summed E-state index contributed by atoms with van der Waals surface area (Å²) in [6.07, 6.45) is 0. The highest BCUT2D eigenvalue weighted by Gasteiger charge is 2.26. The summed E-state index contributed by atoms with van der Waals surface area (Å²) in [4.78, 5) is 0. The van der Waals surface area contributed by atoms with Gasteiger partial charge in [-0.15, -0.1) is 0 Å². The van der Waals surface area contributed by atoms with Crippen LogP contribution in [0.15, 0.2) is 0 Å². The Hall–Kier alpha value is -0.200. The summed E-state index contributed by atoms with van der Waals surface area (Å²) in [5, 5.41) is 0. The Morgan fingerprint density at radius 1 is 0.667 bits per heavy atom. The molecule has 0 atom stereocenters. The first kappa shape index (κ1) is 17.8. The highest BCUT2D eigenvalue weighted by molar-refractivity contribution is 4.47. The third-order valence-electron chi connectivity index (χ3n) is 3.22. The molecule has 0 radical (unpaired) electrons. The van der Waals surface area contributed by atoms with Gasteiger partial charge in [-0.3, -0.25) is 0 Å². The Bertz CT molecular complexity index is 157. The lowest BCUT2D eigenvalue weighted by atomic mass is 10.3. The summed E-state index contributed by atoms with van der Waals surface area (Å²) in [6.45, 7) is 9.69. The molecule has 0 aromatic rings. The molecule has 5 heteroatoms. The predicted octanol–water partition coefficient (Wildman–Crippen LogP) is 0.779. The fourth-order valence-corrected chi connectivity index (χ4v) is 1.93. The van der Waals surface area contributed by atoms with Crippen LogP contribution in [-0.2, 0) is 18.9 Å². The zero-order valence-electron chi connectivity index (χ0n) is 12.4. The van der Waals surface area contributed by atoms with E-state index >= 15 is 0 Å². The van der Waals surface area contributed by atoms with Crippen LogP contribution in [0, 0.1) is 0 Å². The van der Waals surface area contributed by atoms with E-state index in [4.69, 9.17) is 18.9 Å². The van der Waals surface area contributed by atoms with Gasteiger partial charge >= 0.3 is 0 Å². The largest absolute Gasteiger partial charge is 0.379 e. The van der Waals surface area contributed by atoms with E-state index in [2.05, 4.69) is 0 Å². The van der Waals surface area contributed by atoms with E-state index in [-0.39, 0.29) is 0 Å². The Labute approximate surface area is 112 Å². The van der Waals surface area contributed by atoms with Crippen LogP contribution in [0.4, 0.5) is 0 Å². The maximum atomic E-state index is 5.49. The number of hydrogen-bond acceptors (Lipinski definition) is 4. The normalized spacial score (nSPS) is 12.0. The van der Waals surface area contributed by atoms with E-state index in [1.807, 2.05) is 6.92 Å². The van der Waals surface area contributed by atoms with Gasteiger partial charge in [0, 0.05) is 27.9 Å². The zero-order chi connectivity index (χ0) is 13.7. The molecule has 0 aromatic heterocycles. The monoisotopic (exact) mass is 264 g/mol. The highest BCUT2D eigenvalue weighted by atomic mass is 16.5. The molecule has 0 heterocycles. The van der Waals surface area contributed by atoms with Crippen molar-refractivity contribution in [3.05, 3.63) is 0 Å². The third-order valence-corrected chi connectivity index (χ3v) is 3.22.